The van der Waals surface area contributed by atoms with Crippen LogP contribution in [0.5, 0.6) is 0 Å². The van der Waals surface area contributed by atoms with Crippen molar-refractivity contribution in [2.24, 2.45) is 4.99 Å². The zero-order valence-corrected chi connectivity index (χ0v) is 10.9. The Morgan fingerprint density at radius 1 is 1.35 bits per heavy atom. The normalized spacial score (nSPS) is 14.6. The standard InChI is InChI=1S/C13H14N2OS/c1-8-12(9(2)16)13(17-3)15-11-7-5-4-6-10(11)14-8/h4-7,14H,1-3H3. The minimum atomic E-state index is 0.0379. The smallest absolute Gasteiger partial charge is 0.164 e. The van der Waals surface area contributed by atoms with E-state index >= 15 is 0 Å². The van der Waals surface area contributed by atoms with Crippen LogP contribution in [-0.4, -0.2) is 17.1 Å². The molecule has 0 bridgehead atoms. The van der Waals surface area contributed by atoms with E-state index in [2.05, 4.69) is 10.3 Å². The van der Waals surface area contributed by atoms with Crippen molar-refractivity contribution in [1.82, 2.24) is 0 Å². The van der Waals surface area contributed by atoms with Crippen LogP contribution in [0.25, 0.3) is 0 Å². The van der Waals surface area contributed by atoms with Gasteiger partial charge in [-0.05, 0) is 32.2 Å². The molecular weight excluding hydrogens is 232 g/mol. The van der Waals surface area contributed by atoms with Gasteiger partial charge in [-0.1, -0.05) is 12.1 Å². The zero-order chi connectivity index (χ0) is 12.4. The third kappa shape index (κ3) is 2.26. The molecular formula is C13H14N2OS. The quantitative estimate of drug-likeness (QED) is 0.826. The molecule has 1 aliphatic rings. The molecule has 0 aromatic heterocycles. The molecule has 1 heterocycles. The van der Waals surface area contributed by atoms with Crippen molar-refractivity contribution in [2.45, 2.75) is 13.8 Å². The molecule has 1 N–H and O–H groups in total. The van der Waals surface area contributed by atoms with Crippen molar-refractivity contribution in [1.29, 1.82) is 0 Å². The number of anilines is 1. The Morgan fingerprint density at radius 2 is 2.06 bits per heavy atom. The summed E-state index contributed by atoms with van der Waals surface area (Å²) < 4.78 is 0. The number of fused-ring (bicyclic) bond motifs is 1. The van der Waals surface area contributed by atoms with Gasteiger partial charge in [0.2, 0.25) is 0 Å². The predicted molar refractivity (Wildman–Crippen MR) is 74.1 cm³/mol. The number of aliphatic imine (C=N–C) groups is 1. The first kappa shape index (κ1) is 11.9. The van der Waals surface area contributed by atoms with Gasteiger partial charge in [0.1, 0.15) is 5.04 Å². The minimum Gasteiger partial charge on any atom is -0.357 e. The SMILES string of the molecule is CSC1=Nc2ccccc2NC(C)=C1C(C)=O. The maximum absolute atomic E-state index is 11.7. The number of carbonyl (C=O) groups excluding carboxylic acids is 1. The molecule has 17 heavy (non-hydrogen) atoms. The Kier molecular flexibility index (Phi) is 3.33. The molecule has 0 atom stereocenters. The number of benzene rings is 1. The maximum atomic E-state index is 11.7. The first-order valence-electron chi connectivity index (χ1n) is 5.34. The van der Waals surface area contributed by atoms with E-state index in [9.17, 15) is 4.79 Å². The summed E-state index contributed by atoms with van der Waals surface area (Å²) in [6.07, 6.45) is 1.93. The first-order valence-corrected chi connectivity index (χ1v) is 6.57. The average molecular weight is 246 g/mol. The topological polar surface area (TPSA) is 41.5 Å². The fourth-order valence-corrected chi connectivity index (χ4v) is 2.52. The highest BCUT2D eigenvalue weighted by Crippen LogP contribution is 2.32. The van der Waals surface area contributed by atoms with Crippen LogP contribution in [0.2, 0.25) is 0 Å². The lowest BCUT2D eigenvalue weighted by Gasteiger charge is -2.08. The number of Topliss-reactive ketones (excluding diaryl/α,β-unsaturated/α-hetero) is 1. The number of thioether (sulfide) groups is 1. The fraction of sp³-hybridized carbons (Fsp3) is 0.231. The van der Waals surface area contributed by atoms with E-state index in [1.54, 1.807) is 6.92 Å². The third-order valence-corrected chi connectivity index (χ3v) is 3.26. The van der Waals surface area contributed by atoms with Crippen molar-refractivity contribution in [3.63, 3.8) is 0 Å². The Hall–Kier alpha value is -1.55. The zero-order valence-electron chi connectivity index (χ0n) is 10.1. The predicted octanol–water partition coefficient (Wildman–Crippen LogP) is 3.37. The van der Waals surface area contributed by atoms with Gasteiger partial charge in [-0.25, -0.2) is 4.99 Å². The van der Waals surface area contributed by atoms with Crippen molar-refractivity contribution >= 4 is 34.0 Å². The number of para-hydroxylation sites is 2. The lowest BCUT2D eigenvalue weighted by Crippen LogP contribution is -2.11. The van der Waals surface area contributed by atoms with Gasteiger partial charge in [0.05, 0.1) is 16.9 Å². The molecule has 0 amide bonds. The number of ketones is 1. The second-order valence-corrected chi connectivity index (χ2v) is 4.61. The Balaban J connectivity index is 2.62. The maximum Gasteiger partial charge on any atom is 0.164 e. The highest BCUT2D eigenvalue weighted by Gasteiger charge is 2.19. The van der Waals surface area contributed by atoms with Crippen molar-refractivity contribution < 1.29 is 4.79 Å². The van der Waals surface area contributed by atoms with Gasteiger partial charge in [-0.15, -0.1) is 11.8 Å². The molecule has 0 saturated carbocycles. The van der Waals surface area contributed by atoms with Crippen LogP contribution in [0.3, 0.4) is 0 Å². The van der Waals surface area contributed by atoms with Gasteiger partial charge in [0, 0.05) is 5.70 Å². The van der Waals surface area contributed by atoms with Gasteiger partial charge >= 0.3 is 0 Å². The summed E-state index contributed by atoms with van der Waals surface area (Å²) >= 11 is 1.49. The number of rotatable bonds is 1. The summed E-state index contributed by atoms with van der Waals surface area (Å²) in [5.74, 6) is 0.0379. The second-order valence-electron chi connectivity index (χ2n) is 3.82. The molecule has 0 spiro atoms. The molecule has 3 nitrogen and oxygen atoms in total. The first-order chi connectivity index (χ1) is 8.13. The summed E-state index contributed by atoms with van der Waals surface area (Å²) in [6, 6.07) is 7.79. The van der Waals surface area contributed by atoms with E-state index in [1.807, 2.05) is 37.4 Å². The van der Waals surface area contributed by atoms with Crippen molar-refractivity contribution in [2.75, 3.05) is 11.6 Å². The number of carbonyl (C=O) groups is 1. The van der Waals surface area contributed by atoms with Gasteiger partial charge in [-0.3, -0.25) is 4.79 Å². The van der Waals surface area contributed by atoms with Crippen LogP contribution < -0.4 is 5.32 Å². The number of nitrogens with zero attached hydrogens (tertiary/aromatic N) is 1. The van der Waals surface area contributed by atoms with Crippen LogP contribution in [0.4, 0.5) is 11.4 Å². The summed E-state index contributed by atoms with van der Waals surface area (Å²) in [6.45, 7) is 3.48. The highest BCUT2D eigenvalue weighted by atomic mass is 32.2. The molecule has 4 heteroatoms. The van der Waals surface area contributed by atoms with Crippen LogP contribution >= 0.6 is 11.8 Å². The fourth-order valence-electron chi connectivity index (χ4n) is 1.83. The second kappa shape index (κ2) is 4.75. The molecule has 0 fully saturated rings. The van der Waals surface area contributed by atoms with Crippen molar-refractivity contribution in [3.05, 3.63) is 35.5 Å². The number of hydrogen-bond donors (Lipinski definition) is 1. The lowest BCUT2D eigenvalue weighted by atomic mass is 10.1. The van der Waals surface area contributed by atoms with Crippen LogP contribution in [0.15, 0.2) is 40.5 Å². The van der Waals surface area contributed by atoms with E-state index in [4.69, 9.17) is 0 Å². The molecule has 1 aromatic rings. The van der Waals surface area contributed by atoms with Crippen LogP contribution in [0.1, 0.15) is 13.8 Å². The van der Waals surface area contributed by atoms with E-state index < -0.39 is 0 Å². The summed E-state index contributed by atoms with van der Waals surface area (Å²) in [5.41, 5.74) is 3.34. The van der Waals surface area contributed by atoms with Crippen LogP contribution in [0, 0.1) is 0 Å². The lowest BCUT2D eigenvalue weighted by molar-refractivity contribution is -0.113. The molecule has 0 radical (unpaired) electrons. The Bertz CT molecular complexity index is 532. The number of nitrogens with one attached hydrogen (secondary N) is 1. The van der Waals surface area contributed by atoms with E-state index in [0.29, 0.717) is 5.57 Å². The van der Waals surface area contributed by atoms with Gasteiger partial charge < -0.3 is 5.32 Å². The summed E-state index contributed by atoms with van der Waals surface area (Å²) in [5, 5.41) is 4.02. The molecule has 0 saturated heterocycles. The summed E-state index contributed by atoms with van der Waals surface area (Å²) in [4.78, 5) is 16.2. The molecule has 0 unspecified atom stereocenters. The molecule has 2 rings (SSSR count). The van der Waals surface area contributed by atoms with E-state index in [1.165, 1.54) is 11.8 Å². The van der Waals surface area contributed by atoms with Gasteiger partial charge in [0.25, 0.3) is 0 Å². The average Bonchev–Trinajstić information content (AvgIpc) is 2.43. The van der Waals surface area contributed by atoms with E-state index in [-0.39, 0.29) is 5.78 Å². The minimum absolute atomic E-state index is 0.0379. The van der Waals surface area contributed by atoms with Crippen LogP contribution in [-0.2, 0) is 4.79 Å². The third-order valence-electron chi connectivity index (χ3n) is 2.58. The Morgan fingerprint density at radius 3 is 2.71 bits per heavy atom. The van der Waals surface area contributed by atoms with E-state index in [0.717, 1.165) is 22.1 Å². The molecule has 88 valence electrons. The monoisotopic (exact) mass is 246 g/mol. The Labute approximate surface area is 105 Å². The highest BCUT2D eigenvalue weighted by molar-refractivity contribution is 8.14. The molecule has 1 aliphatic heterocycles. The van der Waals surface area contributed by atoms with Crippen molar-refractivity contribution in [3.8, 4) is 0 Å². The number of allylic oxidation sites excluding steroid dienone is 1. The van der Waals surface area contributed by atoms with Gasteiger partial charge in [0.15, 0.2) is 5.78 Å². The molecule has 1 aromatic carbocycles. The van der Waals surface area contributed by atoms with Gasteiger partial charge in [-0.2, -0.15) is 0 Å². The number of hydrogen-bond acceptors (Lipinski definition) is 4. The summed E-state index contributed by atoms with van der Waals surface area (Å²) in [7, 11) is 0. The molecule has 0 aliphatic carbocycles. The largest absolute Gasteiger partial charge is 0.357 e.